The van der Waals surface area contributed by atoms with E-state index in [1.54, 1.807) is 12.1 Å². The molecule has 1 heterocycles. The van der Waals surface area contributed by atoms with Crippen molar-refractivity contribution in [3.05, 3.63) is 65.7 Å². The number of benzene rings is 2. The minimum Gasteiger partial charge on any atom is -0.338 e. The van der Waals surface area contributed by atoms with Crippen LogP contribution in [0, 0.1) is 5.92 Å². The van der Waals surface area contributed by atoms with Crippen LogP contribution in [0.4, 0.5) is 0 Å². The zero-order valence-electron chi connectivity index (χ0n) is 17.5. The Hall–Kier alpha value is -2.51. The van der Waals surface area contributed by atoms with Gasteiger partial charge in [-0.05, 0) is 44.4 Å². The summed E-state index contributed by atoms with van der Waals surface area (Å²) in [6.07, 6.45) is 0.992. The number of carbonyl (C=O) groups is 2. The molecule has 0 unspecified atom stereocenters. The molecule has 0 N–H and O–H groups in total. The first-order valence-corrected chi connectivity index (χ1v) is 11.7. The first kappa shape index (κ1) is 22.2. The second-order valence-electron chi connectivity index (χ2n) is 7.60. The molecule has 0 atom stereocenters. The molecule has 2 aromatic carbocycles. The van der Waals surface area contributed by atoms with Gasteiger partial charge in [-0.3, -0.25) is 9.59 Å². The Morgan fingerprint density at radius 2 is 1.70 bits per heavy atom. The molecule has 3 rings (SSSR count). The second kappa shape index (κ2) is 9.53. The average Bonchev–Trinajstić information content (AvgIpc) is 2.78. The van der Waals surface area contributed by atoms with Crippen LogP contribution >= 0.6 is 0 Å². The van der Waals surface area contributed by atoms with E-state index in [2.05, 4.69) is 0 Å². The van der Waals surface area contributed by atoms with Gasteiger partial charge < -0.3 is 4.90 Å². The van der Waals surface area contributed by atoms with Crippen LogP contribution in [0.15, 0.2) is 59.5 Å². The van der Waals surface area contributed by atoms with E-state index in [-0.39, 0.29) is 22.5 Å². The van der Waals surface area contributed by atoms with Crippen molar-refractivity contribution in [3.8, 4) is 0 Å². The van der Waals surface area contributed by atoms with Crippen molar-refractivity contribution >= 4 is 21.7 Å². The predicted octanol–water partition coefficient (Wildman–Crippen LogP) is 3.34. The van der Waals surface area contributed by atoms with Gasteiger partial charge in [-0.25, -0.2) is 8.42 Å². The summed E-state index contributed by atoms with van der Waals surface area (Å²) in [6, 6.07) is 16.0. The molecule has 1 amide bonds. The topological polar surface area (TPSA) is 74.8 Å². The van der Waals surface area contributed by atoms with Crippen molar-refractivity contribution in [2.75, 3.05) is 19.6 Å². The zero-order valence-corrected chi connectivity index (χ0v) is 18.3. The van der Waals surface area contributed by atoms with Crippen LogP contribution < -0.4 is 0 Å². The number of hydrogen-bond donors (Lipinski definition) is 0. The molecule has 0 spiro atoms. The van der Waals surface area contributed by atoms with Crippen LogP contribution in [0.2, 0.25) is 0 Å². The van der Waals surface area contributed by atoms with Crippen LogP contribution in [0.3, 0.4) is 0 Å². The number of ketones is 1. The summed E-state index contributed by atoms with van der Waals surface area (Å²) in [5.41, 5.74) is 1.46. The van der Waals surface area contributed by atoms with Crippen LogP contribution in [0.1, 0.15) is 42.6 Å². The highest BCUT2D eigenvalue weighted by molar-refractivity contribution is 7.89. The summed E-state index contributed by atoms with van der Waals surface area (Å²) >= 11 is 0. The lowest BCUT2D eigenvalue weighted by Crippen LogP contribution is -2.44. The Morgan fingerprint density at radius 3 is 2.30 bits per heavy atom. The van der Waals surface area contributed by atoms with E-state index < -0.39 is 10.0 Å². The first-order chi connectivity index (χ1) is 14.3. The molecule has 1 fully saturated rings. The number of amides is 1. The number of carbonyl (C=O) groups excluding carboxylic acids is 2. The van der Waals surface area contributed by atoms with Crippen molar-refractivity contribution in [3.63, 3.8) is 0 Å². The maximum Gasteiger partial charge on any atom is 0.243 e. The summed E-state index contributed by atoms with van der Waals surface area (Å²) in [7, 11) is -3.69. The molecule has 160 valence electrons. The Balaban J connectivity index is 1.65. The van der Waals surface area contributed by atoms with Gasteiger partial charge in [-0.1, -0.05) is 42.5 Å². The molecule has 1 aliphatic rings. The van der Waals surface area contributed by atoms with Gasteiger partial charge in [0, 0.05) is 37.7 Å². The molecule has 6 nitrogen and oxygen atoms in total. The number of rotatable bonds is 7. The average molecular weight is 429 g/mol. The molecule has 0 aromatic heterocycles. The third kappa shape index (κ3) is 4.96. The van der Waals surface area contributed by atoms with E-state index in [9.17, 15) is 18.0 Å². The van der Waals surface area contributed by atoms with Crippen LogP contribution in [-0.4, -0.2) is 48.9 Å². The molecule has 2 aromatic rings. The molecular weight excluding hydrogens is 400 g/mol. The largest absolute Gasteiger partial charge is 0.338 e. The highest BCUT2D eigenvalue weighted by Crippen LogP contribution is 2.26. The predicted molar refractivity (Wildman–Crippen MR) is 115 cm³/mol. The zero-order chi connectivity index (χ0) is 21.7. The molecule has 0 aliphatic carbocycles. The van der Waals surface area contributed by atoms with Gasteiger partial charge >= 0.3 is 0 Å². The number of piperidine rings is 1. The minimum atomic E-state index is -3.69. The highest BCUT2D eigenvalue weighted by Gasteiger charge is 2.33. The quantitative estimate of drug-likeness (QED) is 0.634. The molecule has 7 heteroatoms. The summed E-state index contributed by atoms with van der Waals surface area (Å²) < 4.78 is 27.4. The van der Waals surface area contributed by atoms with Gasteiger partial charge in [-0.15, -0.1) is 0 Å². The minimum absolute atomic E-state index is 0.0805. The van der Waals surface area contributed by atoms with Crippen LogP contribution in [0.25, 0.3) is 0 Å². The number of nitrogens with zero attached hydrogens (tertiary/aromatic N) is 2. The summed E-state index contributed by atoms with van der Waals surface area (Å²) in [5, 5.41) is 0. The van der Waals surface area contributed by atoms with Crippen LogP contribution in [-0.2, 0) is 21.4 Å². The second-order valence-corrected chi connectivity index (χ2v) is 9.54. The van der Waals surface area contributed by atoms with Gasteiger partial charge in [-0.2, -0.15) is 4.31 Å². The normalized spacial score (nSPS) is 15.7. The number of hydrogen-bond acceptors (Lipinski definition) is 4. The Morgan fingerprint density at radius 1 is 1.03 bits per heavy atom. The molecule has 1 aliphatic heterocycles. The summed E-state index contributed by atoms with van der Waals surface area (Å²) in [5.74, 6) is -0.268. The highest BCUT2D eigenvalue weighted by atomic mass is 32.2. The molecule has 0 radical (unpaired) electrons. The fourth-order valence-corrected chi connectivity index (χ4v) is 5.29. The lowest BCUT2D eigenvalue weighted by Gasteiger charge is -2.33. The molecule has 30 heavy (non-hydrogen) atoms. The van der Waals surface area contributed by atoms with E-state index in [1.807, 2.05) is 42.2 Å². The maximum atomic E-state index is 13.0. The fourth-order valence-electron chi connectivity index (χ4n) is 3.78. The Kier molecular flexibility index (Phi) is 7.05. The number of sulfonamides is 1. The molecular formula is C23H28N2O4S. The Labute approximate surface area is 178 Å². The van der Waals surface area contributed by atoms with Gasteiger partial charge in [0.15, 0.2) is 5.78 Å². The van der Waals surface area contributed by atoms with E-state index in [4.69, 9.17) is 0 Å². The van der Waals surface area contributed by atoms with E-state index in [1.165, 1.54) is 23.4 Å². The smallest absolute Gasteiger partial charge is 0.243 e. The fraction of sp³-hybridized carbons (Fsp3) is 0.391. The third-order valence-corrected chi connectivity index (χ3v) is 7.49. The lowest BCUT2D eigenvalue weighted by molar-refractivity contribution is -0.137. The maximum absolute atomic E-state index is 13.0. The van der Waals surface area contributed by atoms with E-state index in [0.29, 0.717) is 44.6 Å². The monoisotopic (exact) mass is 428 g/mol. The van der Waals surface area contributed by atoms with Gasteiger partial charge in [0.05, 0.1) is 4.90 Å². The molecule has 0 bridgehead atoms. The van der Waals surface area contributed by atoms with E-state index in [0.717, 1.165) is 5.56 Å². The van der Waals surface area contributed by atoms with E-state index >= 15 is 0 Å². The van der Waals surface area contributed by atoms with Gasteiger partial charge in [0.25, 0.3) is 0 Å². The van der Waals surface area contributed by atoms with Crippen molar-refractivity contribution in [2.45, 2.75) is 38.1 Å². The summed E-state index contributed by atoms with van der Waals surface area (Å²) in [6.45, 7) is 5.15. The lowest BCUT2D eigenvalue weighted by atomic mass is 9.96. The molecule has 1 saturated heterocycles. The molecule has 0 saturated carbocycles. The summed E-state index contributed by atoms with van der Waals surface area (Å²) in [4.78, 5) is 26.5. The van der Waals surface area contributed by atoms with Gasteiger partial charge in [0.1, 0.15) is 0 Å². The standard InChI is InChI=1S/C23H28N2O4S/c1-3-24(17-19-8-5-4-6-9-19)23(27)20-12-14-25(15-13-20)30(28,29)22-11-7-10-21(16-22)18(2)26/h4-11,16,20H,3,12-15,17H2,1-2H3. The van der Waals surface area contributed by atoms with Crippen LogP contribution in [0.5, 0.6) is 0 Å². The van der Waals surface area contributed by atoms with Gasteiger partial charge in [0.2, 0.25) is 15.9 Å². The SMILES string of the molecule is CCN(Cc1ccccc1)C(=O)C1CCN(S(=O)(=O)c2cccc(C(C)=O)c2)CC1. The Bertz CT molecular complexity index is 997. The van der Waals surface area contributed by atoms with Crippen molar-refractivity contribution in [1.29, 1.82) is 0 Å². The number of Topliss-reactive ketones (excluding diaryl/α,β-unsaturated/α-hetero) is 1. The van der Waals surface area contributed by atoms with Crippen molar-refractivity contribution in [2.24, 2.45) is 5.92 Å². The van der Waals surface area contributed by atoms with Crippen molar-refractivity contribution in [1.82, 2.24) is 9.21 Å². The van der Waals surface area contributed by atoms with Crippen molar-refractivity contribution < 1.29 is 18.0 Å². The first-order valence-electron chi connectivity index (χ1n) is 10.3. The third-order valence-electron chi connectivity index (χ3n) is 5.59.